The van der Waals surface area contributed by atoms with E-state index in [0.29, 0.717) is 18.4 Å². The van der Waals surface area contributed by atoms with Gasteiger partial charge in [0.2, 0.25) is 8.32 Å². The van der Waals surface area contributed by atoms with Gasteiger partial charge in [-0.05, 0) is 103 Å². The Balaban J connectivity index is 1.40. The molecule has 9 heteroatoms. The number of aromatic nitrogens is 2. The van der Waals surface area contributed by atoms with Crippen molar-refractivity contribution in [3.63, 3.8) is 0 Å². The number of methoxy groups -OCH3 is 1. The van der Waals surface area contributed by atoms with Crippen molar-refractivity contribution in [2.45, 2.75) is 83.5 Å². The predicted molar refractivity (Wildman–Crippen MR) is 186 cm³/mol. The van der Waals surface area contributed by atoms with E-state index in [1.807, 2.05) is 28.9 Å². The molecule has 2 aliphatic rings. The van der Waals surface area contributed by atoms with Crippen LogP contribution in [0.4, 0.5) is 11.4 Å². The predicted octanol–water partition coefficient (Wildman–Crippen LogP) is 8.07. The zero-order chi connectivity index (χ0) is 31.9. The summed E-state index contributed by atoms with van der Waals surface area (Å²) in [6, 6.07) is 14.9. The van der Waals surface area contributed by atoms with Crippen LogP contribution in [0, 0.1) is 0 Å². The Labute approximate surface area is 268 Å². The van der Waals surface area contributed by atoms with Gasteiger partial charge in [0.15, 0.2) is 0 Å². The lowest BCUT2D eigenvalue weighted by atomic mass is 9.98. The van der Waals surface area contributed by atoms with Gasteiger partial charge in [-0.15, -0.1) is 0 Å². The van der Waals surface area contributed by atoms with Crippen molar-refractivity contribution in [1.29, 1.82) is 0 Å². The van der Waals surface area contributed by atoms with Crippen molar-refractivity contribution in [2.24, 2.45) is 10.7 Å². The van der Waals surface area contributed by atoms with Gasteiger partial charge < -0.3 is 25.0 Å². The molecule has 2 fully saturated rings. The van der Waals surface area contributed by atoms with E-state index in [1.54, 1.807) is 7.11 Å². The molecule has 1 atom stereocenters. The molecule has 0 unspecified atom stereocenters. The molecule has 6 rings (SSSR count). The number of nitrogens with one attached hydrogen (secondary N) is 1. The number of rotatable bonds is 10. The van der Waals surface area contributed by atoms with Gasteiger partial charge in [-0.2, -0.15) is 5.10 Å². The van der Waals surface area contributed by atoms with E-state index < -0.39 is 8.32 Å². The number of aliphatic imine (C=N–C) groups is 1. The van der Waals surface area contributed by atoms with E-state index in [0.717, 1.165) is 64.5 Å². The molecule has 4 aromatic rings. The fraction of sp³-hybridized carbons (Fsp3) is 0.444. The Kier molecular flexibility index (Phi) is 8.43. The van der Waals surface area contributed by atoms with Gasteiger partial charge >= 0.3 is 0 Å². The summed E-state index contributed by atoms with van der Waals surface area (Å²) in [4.78, 5) is 4.97. The fourth-order valence-electron chi connectivity index (χ4n) is 5.72. The number of nitrogens with two attached hydrogens (primary N) is 1. The van der Waals surface area contributed by atoms with Crippen molar-refractivity contribution in [3.05, 3.63) is 71.5 Å². The Morgan fingerprint density at radius 2 is 1.89 bits per heavy atom. The number of anilines is 1. The van der Waals surface area contributed by atoms with Gasteiger partial charge in [0.25, 0.3) is 0 Å². The van der Waals surface area contributed by atoms with Crippen LogP contribution in [0.15, 0.2) is 59.9 Å². The summed E-state index contributed by atoms with van der Waals surface area (Å²) in [7, 11) is -0.241. The SMILES string of the molecule is CCc1cc(O[Si](C)(C)C(C)(C)C)ccc1/N=C(\N)c1cnn2cc(-c3ccc(OC)cc3C3CC3)cc2c1N[C@H]1CCOC1. The zero-order valence-electron chi connectivity index (χ0n) is 27.7. The molecular weight excluding hydrogens is 579 g/mol. The van der Waals surface area contributed by atoms with Gasteiger partial charge in [-0.3, -0.25) is 0 Å². The van der Waals surface area contributed by atoms with Crippen LogP contribution in [0.1, 0.15) is 69.6 Å². The van der Waals surface area contributed by atoms with Crippen LogP contribution in [0.25, 0.3) is 16.6 Å². The highest BCUT2D eigenvalue weighted by molar-refractivity contribution is 6.74. The largest absolute Gasteiger partial charge is 0.543 e. The van der Waals surface area contributed by atoms with Crippen LogP contribution in [0.5, 0.6) is 11.5 Å². The minimum Gasteiger partial charge on any atom is -0.543 e. The molecule has 3 N–H and O–H groups in total. The molecule has 3 heterocycles. The van der Waals surface area contributed by atoms with Crippen LogP contribution in [0.3, 0.4) is 0 Å². The summed E-state index contributed by atoms with van der Waals surface area (Å²) in [5.41, 5.74) is 15.1. The van der Waals surface area contributed by atoms with Crippen molar-refractivity contribution in [2.75, 3.05) is 25.6 Å². The number of fused-ring (bicyclic) bond motifs is 1. The van der Waals surface area contributed by atoms with Gasteiger partial charge in [0.05, 0.1) is 48.4 Å². The van der Waals surface area contributed by atoms with Crippen LogP contribution >= 0.6 is 0 Å². The molecule has 0 radical (unpaired) electrons. The standard InChI is InChI=1S/C36H47N5O3Si/c1-8-23-17-28(44-45(6,7)36(2,3)4)12-14-32(23)40-35(37)31-20-38-41-21-25(18-33(41)34(31)39-26-15-16-43-22-26)29-13-11-27(42-5)19-30(29)24-9-10-24/h11-14,17-21,24,26,39H,8-10,15-16,22H2,1-7H3,(H2,37,40)/t26-/m0/s1. The van der Waals surface area contributed by atoms with Gasteiger partial charge in [0.1, 0.15) is 17.3 Å². The van der Waals surface area contributed by atoms with Crippen LogP contribution in [-0.2, 0) is 11.2 Å². The second kappa shape index (κ2) is 12.2. The van der Waals surface area contributed by atoms with E-state index >= 15 is 0 Å². The lowest BCUT2D eigenvalue weighted by Crippen LogP contribution is -2.43. The summed E-state index contributed by atoms with van der Waals surface area (Å²) in [5.74, 6) is 2.78. The lowest BCUT2D eigenvalue weighted by Gasteiger charge is -2.36. The van der Waals surface area contributed by atoms with Crippen LogP contribution in [-0.4, -0.2) is 50.1 Å². The summed E-state index contributed by atoms with van der Waals surface area (Å²) in [6.07, 6.45) is 8.09. The molecule has 1 saturated heterocycles. The number of ether oxygens (including phenoxy) is 2. The summed E-state index contributed by atoms with van der Waals surface area (Å²) < 4.78 is 19.8. The van der Waals surface area contributed by atoms with Crippen molar-refractivity contribution in [3.8, 4) is 22.6 Å². The first-order valence-corrected chi connectivity index (χ1v) is 19.1. The number of aryl methyl sites for hydroxylation is 1. The molecule has 45 heavy (non-hydrogen) atoms. The first-order chi connectivity index (χ1) is 21.5. The molecule has 0 bridgehead atoms. The zero-order valence-corrected chi connectivity index (χ0v) is 28.7. The molecule has 8 nitrogen and oxygen atoms in total. The topological polar surface area (TPSA) is 95.4 Å². The quantitative estimate of drug-likeness (QED) is 0.105. The highest BCUT2D eigenvalue weighted by atomic mass is 28.4. The third-order valence-corrected chi connectivity index (χ3v) is 14.0. The molecule has 1 aliphatic carbocycles. The molecule has 238 valence electrons. The van der Waals surface area contributed by atoms with Crippen molar-refractivity contribution >= 4 is 31.0 Å². The summed E-state index contributed by atoms with van der Waals surface area (Å²) >= 11 is 0. The number of hydrogen-bond acceptors (Lipinski definition) is 6. The Morgan fingerprint density at radius 1 is 1.11 bits per heavy atom. The highest BCUT2D eigenvalue weighted by Gasteiger charge is 2.39. The highest BCUT2D eigenvalue weighted by Crippen LogP contribution is 2.46. The second-order valence-electron chi connectivity index (χ2n) is 13.9. The summed E-state index contributed by atoms with van der Waals surface area (Å²) in [5, 5.41) is 8.68. The summed E-state index contributed by atoms with van der Waals surface area (Å²) in [6.45, 7) is 14.8. The molecule has 2 aromatic carbocycles. The Hall–Kier alpha value is -3.82. The normalized spacial score (nSPS) is 17.6. The molecule has 1 aliphatic heterocycles. The third kappa shape index (κ3) is 6.46. The van der Waals surface area contributed by atoms with Gasteiger partial charge in [-0.25, -0.2) is 9.51 Å². The monoisotopic (exact) mass is 625 g/mol. The maximum atomic E-state index is 6.83. The number of amidine groups is 1. The second-order valence-corrected chi connectivity index (χ2v) is 18.7. The molecule has 0 amide bonds. The molecule has 2 aromatic heterocycles. The van der Waals surface area contributed by atoms with Gasteiger partial charge in [-0.1, -0.05) is 33.8 Å². The van der Waals surface area contributed by atoms with Crippen molar-refractivity contribution in [1.82, 2.24) is 9.61 Å². The molecule has 0 spiro atoms. The maximum absolute atomic E-state index is 6.83. The molecular formula is C36H47N5O3Si. The fourth-order valence-corrected chi connectivity index (χ4v) is 6.74. The number of benzene rings is 2. The van der Waals surface area contributed by atoms with E-state index in [4.69, 9.17) is 29.7 Å². The van der Waals surface area contributed by atoms with Crippen molar-refractivity contribution < 1.29 is 13.9 Å². The first-order valence-electron chi connectivity index (χ1n) is 16.2. The Morgan fingerprint density at radius 3 is 2.56 bits per heavy atom. The van der Waals surface area contributed by atoms with Gasteiger partial charge in [0, 0.05) is 18.4 Å². The van der Waals surface area contributed by atoms with E-state index in [1.165, 1.54) is 24.0 Å². The van der Waals surface area contributed by atoms with Crippen LogP contribution < -0.4 is 20.2 Å². The minimum absolute atomic E-state index is 0.117. The number of hydrogen-bond donors (Lipinski definition) is 2. The molecule has 1 saturated carbocycles. The van der Waals surface area contributed by atoms with Crippen LogP contribution in [0.2, 0.25) is 18.1 Å². The maximum Gasteiger partial charge on any atom is 0.250 e. The number of nitrogens with zero attached hydrogens (tertiary/aromatic N) is 3. The van der Waals surface area contributed by atoms with E-state index in [-0.39, 0.29) is 11.1 Å². The van der Waals surface area contributed by atoms with E-state index in [2.05, 4.69) is 76.6 Å². The minimum atomic E-state index is -1.96. The average molecular weight is 626 g/mol. The average Bonchev–Trinajstić information content (AvgIpc) is 3.55. The lowest BCUT2D eigenvalue weighted by molar-refractivity contribution is 0.195. The first kappa shape index (κ1) is 31.2. The smallest absolute Gasteiger partial charge is 0.250 e. The third-order valence-electron chi connectivity index (χ3n) is 9.63. The van der Waals surface area contributed by atoms with E-state index in [9.17, 15) is 0 Å². The Bertz CT molecular complexity index is 1730.